The van der Waals surface area contributed by atoms with Crippen LogP contribution in [0.5, 0.6) is 0 Å². The van der Waals surface area contributed by atoms with E-state index in [9.17, 15) is 9.59 Å². The van der Waals surface area contributed by atoms with E-state index >= 15 is 0 Å². The number of pyridine rings is 1. The zero-order valence-corrected chi connectivity index (χ0v) is 14.9. The number of hydrogen-bond acceptors (Lipinski definition) is 3. The molecular formula is C21H24N2O3. The van der Waals surface area contributed by atoms with E-state index < -0.39 is 5.97 Å². The number of allylic oxidation sites excluding steroid dienone is 1. The number of aromatic nitrogens is 1. The smallest absolute Gasteiger partial charge is 0.303 e. The van der Waals surface area contributed by atoms with Gasteiger partial charge in [0.15, 0.2) is 0 Å². The van der Waals surface area contributed by atoms with E-state index in [0.29, 0.717) is 19.4 Å². The molecule has 0 saturated carbocycles. The summed E-state index contributed by atoms with van der Waals surface area (Å²) < 4.78 is 0. The van der Waals surface area contributed by atoms with Crippen molar-refractivity contribution >= 4 is 17.4 Å². The van der Waals surface area contributed by atoms with Crippen molar-refractivity contribution in [3.05, 3.63) is 71.6 Å². The Morgan fingerprint density at radius 3 is 2.54 bits per heavy atom. The maximum absolute atomic E-state index is 10.9. The Hall–Kier alpha value is -2.95. The zero-order chi connectivity index (χ0) is 18.8. The average Bonchev–Trinajstić information content (AvgIpc) is 2.63. The van der Waals surface area contributed by atoms with Gasteiger partial charge < -0.3 is 10.4 Å². The van der Waals surface area contributed by atoms with Crippen molar-refractivity contribution in [2.24, 2.45) is 0 Å². The number of carbonyl (C=O) groups is 2. The Balaban J connectivity index is 2.13. The first-order valence-electron chi connectivity index (χ1n) is 8.72. The minimum atomic E-state index is -0.773. The summed E-state index contributed by atoms with van der Waals surface area (Å²) in [5.74, 6) is -0.797. The highest BCUT2D eigenvalue weighted by Gasteiger charge is 2.06. The molecule has 1 aromatic carbocycles. The second-order valence-corrected chi connectivity index (χ2v) is 6.08. The third kappa shape index (κ3) is 6.51. The van der Waals surface area contributed by atoms with Crippen LogP contribution in [0, 0.1) is 0 Å². The van der Waals surface area contributed by atoms with Crippen molar-refractivity contribution in [1.29, 1.82) is 0 Å². The van der Waals surface area contributed by atoms with Crippen LogP contribution in [0.15, 0.2) is 54.9 Å². The molecular weight excluding hydrogens is 328 g/mol. The van der Waals surface area contributed by atoms with Gasteiger partial charge in [0.05, 0.1) is 0 Å². The van der Waals surface area contributed by atoms with E-state index in [0.717, 1.165) is 28.7 Å². The highest BCUT2D eigenvalue weighted by atomic mass is 16.4. The third-order valence-electron chi connectivity index (χ3n) is 3.97. The number of carbonyl (C=O) groups excluding carboxylic acids is 1. The fourth-order valence-electron chi connectivity index (χ4n) is 2.66. The Bertz CT molecular complexity index is 753. The maximum Gasteiger partial charge on any atom is 0.303 e. The predicted octanol–water partition coefficient (Wildman–Crippen LogP) is 3.45. The number of benzene rings is 1. The van der Waals surface area contributed by atoms with Gasteiger partial charge in [-0.3, -0.25) is 14.6 Å². The first-order valence-corrected chi connectivity index (χ1v) is 8.72. The zero-order valence-electron chi connectivity index (χ0n) is 14.9. The van der Waals surface area contributed by atoms with Gasteiger partial charge in [0.1, 0.15) is 0 Å². The van der Waals surface area contributed by atoms with E-state index in [-0.39, 0.29) is 12.3 Å². The van der Waals surface area contributed by atoms with Gasteiger partial charge in [-0.2, -0.15) is 0 Å². The summed E-state index contributed by atoms with van der Waals surface area (Å²) in [6.45, 7) is 2.13. The maximum atomic E-state index is 10.9. The lowest BCUT2D eigenvalue weighted by molar-refractivity contribution is -0.137. The van der Waals surface area contributed by atoms with Gasteiger partial charge in [-0.15, -0.1) is 0 Å². The van der Waals surface area contributed by atoms with Gasteiger partial charge in [0.25, 0.3) is 0 Å². The summed E-state index contributed by atoms with van der Waals surface area (Å²) in [4.78, 5) is 25.8. The molecule has 26 heavy (non-hydrogen) atoms. The summed E-state index contributed by atoms with van der Waals surface area (Å²) in [5, 5.41) is 11.6. The highest BCUT2D eigenvalue weighted by Crippen LogP contribution is 2.24. The molecule has 2 aromatic rings. The van der Waals surface area contributed by atoms with Crippen LogP contribution >= 0.6 is 0 Å². The number of carboxylic acid groups (broad SMARTS) is 1. The predicted molar refractivity (Wildman–Crippen MR) is 102 cm³/mol. The minimum Gasteiger partial charge on any atom is -0.481 e. The molecule has 5 heteroatoms. The lowest BCUT2D eigenvalue weighted by Gasteiger charge is -2.10. The molecule has 2 rings (SSSR count). The van der Waals surface area contributed by atoms with Gasteiger partial charge in [0.2, 0.25) is 5.91 Å². The number of rotatable bonds is 9. The molecule has 0 unspecified atom stereocenters. The molecule has 0 atom stereocenters. The normalized spacial score (nSPS) is 11.2. The number of amides is 1. The van der Waals surface area contributed by atoms with Gasteiger partial charge in [-0.25, -0.2) is 0 Å². The first kappa shape index (κ1) is 19.4. The molecule has 1 aromatic heterocycles. The number of hydrogen-bond donors (Lipinski definition) is 2. The largest absolute Gasteiger partial charge is 0.481 e. The van der Waals surface area contributed by atoms with Crippen LogP contribution in [-0.2, 0) is 16.0 Å². The summed E-state index contributed by atoms with van der Waals surface area (Å²) in [6, 6.07) is 12.1. The molecule has 0 aliphatic carbocycles. The van der Waals surface area contributed by atoms with Crippen LogP contribution in [0.25, 0.3) is 5.57 Å². The standard InChI is InChI=1S/C21H24N2O3/c1-16(24)23-14-12-17-8-10-18(11-9-17)20(6-2-3-7-21(25)26)19-5-4-13-22-15-19/h4-6,8-11,13,15H,2-3,7,12,14H2,1H3,(H,23,24)(H,25,26)/b20-6-. The van der Waals surface area contributed by atoms with Crippen LogP contribution in [-0.4, -0.2) is 28.5 Å². The van der Waals surface area contributed by atoms with E-state index in [1.165, 1.54) is 6.92 Å². The van der Waals surface area contributed by atoms with Crippen molar-refractivity contribution in [3.8, 4) is 0 Å². The first-order chi connectivity index (χ1) is 12.6. The Kier molecular flexibility index (Phi) is 7.55. The monoisotopic (exact) mass is 352 g/mol. The number of carboxylic acids is 1. The van der Waals surface area contributed by atoms with Gasteiger partial charge in [-0.1, -0.05) is 36.4 Å². The topological polar surface area (TPSA) is 79.3 Å². The molecule has 0 fully saturated rings. The molecule has 2 N–H and O–H groups in total. The molecule has 1 amide bonds. The summed E-state index contributed by atoms with van der Waals surface area (Å²) in [6.07, 6.45) is 7.87. The van der Waals surface area contributed by atoms with Crippen molar-refractivity contribution in [1.82, 2.24) is 10.3 Å². The van der Waals surface area contributed by atoms with Crippen LogP contribution in [0.1, 0.15) is 42.9 Å². The fraction of sp³-hybridized carbons (Fsp3) is 0.286. The molecule has 0 aliphatic rings. The average molecular weight is 352 g/mol. The molecule has 0 bridgehead atoms. The quantitative estimate of drug-likeness (QED) is 0.678. The fourth-order valence-corrected chi connectivity index (χ4v) is 2.66. The highest BCUT2D eigenvalue weighted by molar-refractivity contribution is 5.79. The van der Waals surface area contributed by atoms with Crippen molar-refractivity contribution in [3.63, 3.8) is 0 Å². The van der Waals surface area contributed by atoms with Gasteiger partial charge in [0, 0.05) is 37.8 Å². The van der Waals surface area contributed by atoms with Gasteiger partial charge in [-0.05, 0) is 42.0 Å². The Morgan fingerprint density at radius 2 is 1.92 bits per heavy atom. The number of nitrogens with one attached hydrogen (secondary N) is 1. The van der Waals surface area contributed by atoms with Crippen molar-refractivity contribution in [2.45, 2.75) is 32.6 Å². The van der Waals surface area contributed by atoms with E-state index in [2.05, 4.69) is 40.6 Å². The molecule has 5 nitrogen and oxygen atoms in total. The summed E-state index contributed by atoms with van der Waals surface area (Å²) >= 11 is 0. The SMILES string of the molecule is CC(=O)NCCc1ccc(/C(=C/CCCC(=O)O)c2cccnc2)cc1. The van der Waals surface area contributed by atoms with Crippen LogP contribution in [0.3, 0.4) is 0 Å². The molecule has 0 aliphatic heterocycles. The van der Waals surface area contributed by atoms with E-state index in [1.807, 2.05) is 18.3 Å². The summed E-state index contributed by atoms with van der Waals surface area (Å²) in [5.41, 5.74) is 4.28. The number of aliphatic carboxylic acids is 1. The Labute approximate surface area is 153 Å². The molecule has 0 saturated heterocycles. The third-order valence-corrected chi connectivity index (χ3v) is 3.97. The van der Waals surface area contributed by atoms with E-state index in [4.69, 9.17) is 5.11 Å². The van der Waals surface area contributed by atoms with Crippen LogP contribution in [0.2, 0.25) is 0 Å². The van der Waals surface area contributed by atoms with Crippen molar-refractivity contribution < 1.29 is 14.7 Å². The molecule has 0 spiro atoms. The van der Waals surface area contributed by atoms with Gasteiger partial charge >= 0.3 is 5.97 Å². The van der Waals surface area contributed by atoms with Crippen LogP contribution < -0.4 is 5.32 Å². The second-order valence-electron chi connectivity index (χ2n) is 6.08. The molecule has 1 heterocycles. The number of unbranched alkanes of at least 4 members (excludes halogenated alkanes) is 1. The van der Waals surface area contributed by atoms with Crippen LogP contribution in [0.4, 0.5) is 0 Å². The minimum absolute atomic E-state index is 0.0234. The molecule has 136 valence electrons. The molecule has 0 radical (unpaired) electrons. The lowest BCUT2D eigenvalue weighted by Crippen LogP contribution is -2.22. The Morgan fingerprint density at radius 1 is 1.15 bits per heavy atom. The summed E-state index contributed by atoms with van der Waals surface area (Å²) in [7, 11) is 0. The van der Waals surface area contributed by atoms with E-state index in [1.54, 1.807) is 6.20 Å². The lowest BCUT2D eigenvalue weighted by atomic mass is 9.96. The number of nitrogens with zero attached hydrogens (tertiary/aromatic N) is 1. The van der Waals surface area contributed by atoms with Crippen molar-refractivity contribution in [2.75, 3.05) is 6.54 Å². The second kappa shape index (κ2) is 10.1.